The molecule has 0 amide bonds. The van der Waals surface area contributed by atoms with E-state index in [0.717, 1.165) is 44.4 Å². The number of hydrogen-bond acceptors (Lipinski definition) is 5. The highest BCUT2D eigenvalue weighted by Crippen LogP contribution is 2.12. The highest BCUT2D eigenvalue weighted by atomic mass is 15.2. The molecule has 1 aromatic carbocycles. The van der Waals surface area contributed by atoms with Crippen molar-refractivity contribution in [3.8, 4) is 0 Å². The summed E-state index contributed by atoms with van der Waals surface area (Å²) in [6.07, 6.45) is 3.65. The lowest BCUT2D eigenvalue weighted by Crippen LogP contribution is -2.43. The number of nitrogens with one attached hydrogen (secondary N) is 2. The van der Waals surface area contributed by atoms with E-state index in [0.29, 0.717) is 0 Å². The van der Waals surface area contributed by atoms with Crippen LogP contribution in [0.2, 0.25) is 0 Å². The van der Waals surface area contributed by atoms with Crippen molar-refractivity contribution in [3.05, 3.63) is 48.3 Å². The maximum absolute atomic E-state index is 4.49. The van der Waals surface area contributed by atoms with Gasteiger partial charge in [-0.2, -0.15) is 0 Å². The summed E-state index contributed by atoms with van der Waals surface area (Å²) < 4.78 is 0. The molecule has 1 aromatic heterocycles. The molecule has 20 heavy (non-hydrogen) atoms. The lowest BCUT2D eigenvalue weighted by Gasteiger charge is -2.28. The molecule has 0 radical (unpaired) electrons. The molecule has 1 fully saturated rings. The number of benzene rings is 1. The third-order valence-electron chi connectivity index (χ3n) is 3.40. The van der Waals surface area contributed by atoms with Crippen LogP contribution in [-0.2, 0) is 6.54 Å². The first kappa shape index (κ1) is 12.9. The summed E-state index contributed by atoms with van der Waals surface area (Å²) >= 11 is 0. The normalized spacial score (nSPS) is 15.1. The molecule has 0 atom stereocenters. The number of anilines is 2. The van der Waals surface area contributed by atoms with Gasteiger partial charge in [-0.05, 0) is 5.56 Å². The van der Waals surface area contributed by atoms with Crippen LogP contribution in [0.25, 0.3) is 0 Å². The number of piperazine rings is 1. The monoisotopic (exact) mass is 269 g/mol. The van der Waals surface area contributed by atoms with Crippen molar-refractivity contribution in [1.29, 1.82) is 0 Å². The van der Waals surface area contributed by atoms with Crippen LogP contribution in [0, 0.1) is 0 Å². The Kier molecular flexibility index (Phi) is 4.08. The van der Waals surface area contributed by atoms with Crippen molar-refractivity contribution < 1.29 is 0 Å². The predicted octanol–water partition coefficient (Wildman–Crippen LogP) is 1.50. The van der Waals surface area contributed by atoms with Gasteiger partial charge in [0, 0.05) is 32.7 Å². The Bertz CT molecular complexity index is 520. The van der Waals surface area contributed by atoms with Crippen LogP contribution >= 0.6 is 0 Å². The van der Waals surface area contributed by atoms with Crippen molar-refractivity contribution >= 4 is 11.6 Å². The van der Waals surface area contributed by atoms with Crippen molar-refractivity contribution in [1.82, 2.24) is 15.3 Å². The van der Waals surface area contributed by atoms with Gasteiger partial charge in [0.2, 0.25) is 0 Å². The van der Waals surface area contributed by atoms with Gasteiger partial charge >= 0.3 is 0 Å². The standard InChI is InChI=1S/C15H19N5/c1-2-4-13(5-3-1)10-17-14-11-19-15(12-18-14)20-8-6-16-7-9-20/h1-5,11-12,16H,6-10H2,(H,17,18). The van der Waals surface area contributed by atoms with E-state index in [2.05, 4.69) is 37.6 Å². The van der Waals surface area contributed by atoms with Crippen LogP contribution in [0.1, 0.15) is 5.56 Å². The molecule has 1 aliphatic heterocycles. The first-order chi connectivity index (χ1) is 9.92. The molecular weight excluding hydrogens is 250 g/mol. The van der Waals surface area contributed by atoms with Crippen molar-refractivity contribution in [2.75, 3.05) is 36.4 Å². The zero-order chi connectivity index (χ0) is 13.6. The minimum absolute atomic E-state index is 0.766. The van der Waals surface area contributed by atoms with Gasteiger partial charge in [-0.3, -0.25) is 0 Å². The maximum Gasteiger partial charge on any atom is 0.147 e. The molecule has 0 bridgehead atoms. The molecule has 1 saturated heterocycles. The summed E-state index contributed by atoms with van der Waals surface area (Å²) in [5, 5.41) is 6.62. The number of hydrogen-bond donors (Lipinski definition) is 2. The fourth-order valence-electron chi connectivity index (χ4n) is 2.26. The number of rotatable bonds is 4. The molecule has 5 heteroatoms. The Morgan fingerprint density at radius 3 is 2.55 bits per heavy atom. The van der Waals surface area contributed by atoms with E-state index in [1.807, 2.05) is 24.4 Å². The Labute approximate surface area is 119 Å². The van der Waals surface area contributed by atoms with E-state index in [4.69, 9.17) is 0 Å². The second-order valence-electron chi connectivity index (χ2n) is 4.84. The molecule has 5 nitrogen and oxygen atoms in total. The van der Waals surface area contributed by atoms with Crippen molar-refractivity contribution in [3.63, 3.8) is 0 Å². The Morgan fingerprint density at radius 2 is 1.85 bits per heavy atom. The average Bonchev–Trinajstić information content (AvgIpc) is 2.55. The molecule has 3 rings (SSSR count). The summed E-state index contributed by atoms with van der Waals surface area (Å²) in [5.74, 6) is 1.77. The molecule has 2 N–H and O–H groups in total. The van der Waals surface area contributed by atoms with Gasteiger partial charge in [-0.15, -0.1) is 0 Å². The van der Waals surface area contributed by atoms with Gasteiger partial charge < -0.3 is 15.5 Å². The first-order valence-corrected chi connectivity index (χ1v) is 6.97. The predicted molar refractivity (Wildman–Crippen MR) is 80.9 cm³/mol. The minimum Gasteiger partial charge on any atom is -0.365 e. The lowest BCUT2D eigenvalue weighted by atomic mass is 10.2. The summed E-state index contributed by atoms with van der Waals surface area (Å²) in [4.78, 5) is 11.2. The van der Waals surface area contributed by atoms with E-state index >= 15 is 0 Å². The summed E-state index contributed by atoms with van der Waals surface area (Å²) in [6.45, 7) is 4.77. The molecule has 0 aliphatic carbocycles. The van der Waals surface area contributed by atoms with Crippen LogP contribution in [0.3, 0.4) is 0 Å². The minimum atomic E-state index is 0.766. The van der Waals surface area contributed by atoms with E-state index in [1.165, 1.54) is 5.56 Å². The van der Waals surface area contributed by atoms with Crippen LogP contribution in [0.4, 0.5) is 11.6 Å². The van der Waals surface area contributed by atoms with E-state index in [-0.39, 0.29) is 0 Å². The highest BCUT2D eigenvalue weighted by molar-refractivity contribution is 5.42. The number of aromatic nitrogens is 2. The number of nitrogens with zero attached hydrogens (tertiary/aromatic N) is 3. The molecule has 104 valence electrons. The van der Waals surface area contributed by atoms with E-state index in [9.17, 15) is 0 Å². The summed E-state index contributed by atoms with van der Waals surface area (Å²) in [7, 11) is 0. The SMILES string of the molecule is c1ccc(CNc2cnc(N3CCNCC3)cn2)cc1. The smallest absolute Gasteiger partial charge is 0.147 e. The highest BCUT2D eigenvalue weighted by Gasteiger charge is 2.11. The van der Waals surface area contributed by atoms with Gasteiger partial charge in [0.1, 0.15) is 11.6 Å². The molecular formula is C15H19N5. The second-order valence-corrected chi connectivity index (χ2v) is 4.84. The molecule has 2 aromatic rings. The van der Waals surface area contributed by atoms with Crippen LogP contribution in [0.15, 0.2) is 42.7 Å². The van der Waals surface area contributed by atoms with Gasteiger partial charge in [-0.1, -0.05) is 30.3 Å². The molecule has 1 aliphatic rings. The fraction of sp³-hybridized carbons (Fsp3) is 0.333. The molecule has 0 saturated carbocycles. The zero-order valence-electron chi connectivity index (χ0n) is 11.4. The second kappa shape index (κ2) is 6.34. The lowest BCUT2D eigenvalue weighted by molar-refractivity contribution is 0.584. The third kappa shape index (κ3) is 3.24. The van der Waals surface area contributed by atoms with Gasteiger partial charge in [0.25, 0.3) is 0 Å². The Balaban J connectivity index is 1.58. The van der Waals surface area contributed by atoms with Gasteiger partial charge in [0.05, 0.1) is 12.4 Å². The quantitative estimate of drug-likeness (QED) is 0.881. The molecule has 2 heterocycles. The van der Waals surface area contributed by atoms with Crippen molar-refractivity contribution in [2.45, 2.75) is 6.54 Å². The van der Waals surface area contributed by atoms with Crippen LogP contribution in [-0.4, -0.2) is 36.1 Å². The third-order valence-corrected chi connectivity index (χ3v) is 3.40. The fourth-order valence-corrected chi connectivity index (χ4v) is 2.26. The van der Waals surface area contributed by atoms with Gasteiger partial charge in [-0.25, -0.2) is 9.97 Å². The largest absolute Gasteiger partial charge is 0.365 e. The Hall–Kier alpha value is -2.14. The van der Waals surface area contributed by atoms with Crippen LogP contribution in [0.5, 0.6) is 0 Å². The summed E-state index contributed by atoms with van der Waals surface area (Å²) in [5.41, 5.74) is 1.24. The topological polar surface area (TPSA) is 53.1 Å². The molecule has 0 unspecified atom stereocenters. The zero-order valence-corrected chi connectivity index (χ0v) is 11.4. The van der Waals surface area contributed by atoms with Crippen molar-refractivity contribution in [2.24, 2.45) is 0 Å². The first-order valence-electron chi connectivity index (χ1n) is 6.97. The molecule has 0 spiro atoms. The van der Waals surface area contributed by atoms with E-state index < -0.39 is 0 Å². The average molecular weight is 269 g/mol. The summed E-state index contributed by atoms with van der Waals surface area (Å²) in [6, 6.07) is 10.3. The maximum atomic E-state index is 4.49. The van der Waals surface area contributed by atoms with Gasteiger partial charge in [0.15, 0.2) is 0 Å². The van der Waals surface area contributed by atoms with Crippen LogP contribution < -0.4 is 15.5 Å². The van der Waals surface area contributed by atoms with E-state index in [1.54, 1.807) is 6.20 Å². The Morgan fingerprint density at radius 1 is 1.05 bits per heavy atom.